The smallest absolute Gasteiger partial charge is 0.133 e. The lowest BCUT2D eigenvalue weighted by Gasteiger charge is -2.12. The molecule has 6 heteroatoms. The first-order chi connectivity index (χ1) is 10.0. The minimum atomic E-state index is -0.635. The second-order valence-corrected chi connectivity index (χ2v) is 7.80. The van der Waals surface area contributed by atoms with Crippen LogP contribution in [0.2, 0.25) is 0 Å². The highest BCUT2D eigenvalue weighted by Gasteiger charge is 2.16. The summed E-state index contributed by atoms with van der Waals surface area (Å²) in [5.41, 5.74) is 1.96. The topological polar surface area (TPSA) is 38.7 Å². The van der Waals surface area contributed by atoms with Gasteiger partial charge in [-0.25, -0.2) is 0 Å². The van der Waals surface area contributed by atoms with Crippen molar-refractivity contribution in [2.45, 2.75) is 13.0 Å². The molecule has 1 unspecified atom stereocenters. The Labute approximate surface area is 145 Å². The zero-order valence-corrected chi connectivity index (χ0v) is 15.7. The molecule has 1 N–H and O–H groups in total. The van der Waals surface area contributed by atoms with Gasteiger partial charge in [-0.15, -0.1) is 11.3 Å². The lowest BCUT2D eigenvalue weighted by atomic mass is 10.1. The van der Waals surface area contributed by atoms with Gasteiger partial charge in [0.15, 0.2) is 0 Å². The molecular formula is C15H16Br2O3S. The molecule has 0 aliphatic carbocycles. The van der Waals surface area contributed by atoms with Gasteiger partial charge in [0.05, 0.1) is 14.9 Å². The van der Waals surface area contributed by atoms with Crippen molar-refractivity contribution in [1.29, 1.82) is 0 Å². The van der Waals surface area contributed by atoms with Crippen LogP contribution in [0.25, 0.3) is 0 Å². The van der Waals surface area contributed by atoms with Crippen LogP contribution in [-0.4, -0.2) is 25.4 Å². The van der Waals surface area contributed by atoms with Crippen molar-refractivity contribution in [3.8, 4) is 5.75 Å². The predicted molar refractivity (Wildman–Crippen MR) is 92.3 cm³/mol. The average molecular weight is 436 g/mol. The zero-order chi connectivity index (χ0) is 15.4. The van der Waals surface area contributed by atoms with Crippen molar-refractivity contribution in [3.63, 3.8) is 0 Å². The molecule has 0 bridgehead atoms. The van der Waals surface area contributed by atoms with Crippen LogP contribution in [0.4, 0.5) is 0 Å². The summed E-state index contributed by atoms with van der Waals surface area (Å²) in [5, 5.41) is 10.5. The highest BCUT2D eigenvalue weighted by Crippen LogP contribution is 2.36. The molecule has 1 heterocycles. The Bertz CT molecular complexity index is 593. The van der Waals surface area contributed by atoms with Crippen LogP contribution in [0.5, 0.6) is 5.75 Å². The van der Waals surface area contributed by atoms with Crippen molar-refractivity contribution in [2.24, 2.45) is 0 Å². The number of aryl methyl sites for hydroxylation is 1. The highest BCUT2D eigenvalue weighted by atomic mass is 79.9. The maximum absolute atomic E-state index is 10.5. The first kappa shape index (κ1) is 17.0. The first-order valence-electron chi connectivity index (χ1n) is 6.38. The number of rotatable bonds is 6. The van der Waals surface area contributed by atoms with Gasteiger partial charge in [0, 0.05) is 12.0 Å². The Morgan fingerprint density at radius 2 is 2.00 bits per heavy atom. The quantitative estimate of drug-likeness (QED) is 0.669. The number of ether oxygens (including phenoxy) is 2. The van der Waals surface area contributed by atoms with Crippen molar-refractivity contribution in [2.75, 3.05) is 20.3 Å². The van der Waals surface area contributed by atoms with Crippen LogP contribution in [0.15, 0.2) is 32.5 Å². The fourth-order valence-electron chi connectivity index (χ4n) is 1.82. The van der Waals surface area contributed by atoms with E-state index in [4.69, 9.17) is 9.47 Å². The van der Waals surface area contributed by atoms with Crippen LogP contribution in [0.3, 0.4) is 0 Å². The minimum absolute atomic E-state index is 0.494. The van der Waals surface area contributed by atoms with Crippen molar-refractivity contribution in [1.82, 2.24) is 0 Å². The highest BCUT2D eigenvalue weighted by molar-refractivity contribution is 9.11. The molecule has 0 saturated carbocycles. The number of hydrogen-bond donors (Lipinski definition) is 1. The van der Waals surface area contributed by atoms with E-state index in [1.54, 1.807) is 18.4 Å². The van der Waals surface area contributed by atoms with Crippen molar-refractivity contribution in [3.05, 3.63) is 48.5 Å². The molecule has 0 spiro atoms. The molecule has 3 nitrogen and oxygen atoms in total. The molecule has 0 amide bonds. The van der Waals surface area contributed by atoms with E-state index in [0.29, 0.717) is 13.2 Å². The zero-order valence-electron chi connectivity index (χ0n) is 11.7. The molecular weight excluding hydrogens is 420 g/mol. The molecule has 21 heavy (non-hydrogen) atoms. The maximum atomic E-state index is 10.5. The summed E-state index contributed by atoms with van der Waals surface area (Å²) in [6.07, 6.45) is -0.635. The number of aliphatic hydroxyl groups excluding tert-OH is 1. The second-order valence-electron chi connectivity index (χ2n) is 4.54. The van der Waals surface area contributed by atoms with Gasteiger partial charge in [0.2, 0.25) is 0 Å². The number of halogens is 2. The third-order valence-electron chi connectivity index (χ3n) is 2.96. The molecule has 0 radical (unpaired) electrons. The van der Waals surface area contributed by atoms with Gasteiger partial charge in [0.25, 0.3) is 0 Å². The van der Waals surface area contributed by atoms with Crippen molar-refractivity contribution < 1.29 is 14.6 Å². The van der Waals surface area contributed by atoms with E-state index in [1.165, 1.54) is 0 Å². The van der Waals surface area contributed by atoms with Gasteiger partial charge in [-0.05, 0) is 68.1 Å². The lowest BCUT2D eigenvalue weighted by molar-refractivity contribution is 0.146. The summed E-state index contributed by atoms with van der Waals surface area (Å²) >= 11 is 8.51. The fraction of sp³-hybridized carbons (Fsp3) is 0.333. The van der Waals surface area contributed by atoms with E-state index in [0.717, 1.165) is 30.0 Å². The van der Waals surface area contributed by atoms with E-state index in [1.807, 2.05) is 31.2 Å². The number of methoxy groups -OCH3 is 1. The lowest BCUT2D eigenvalue weighted by Crippen LogP contribution is -2.05. The number of hydrogen-bond acceptors (Lipinski definition) is 4. The molecule has 0 aliphatic rings. The predicted octanol–water partition coefficient (Wildman–Crippen LogP) is 4.69. The Hall–Kier alpha value is -0.400. The Morgan fingerprint density at radius 3 is 2.57 bits per heavy atom. The normalized spacial score (nSPS) is 12.4. The van der Waals surface area contributed by atoms with Gasteiger partial charge >= 0.3 is 0 Å². The Kier molecular flexibility index (Phi) is 6.25. The molecule has 0 saturated heterocycles. The molecule has 0 aliphatic heterocycles. The SMILES string of the molecule is COCCOc1ccc(C(O)c2cc(C)c(Br)s2)cc1Br. The fourth-order valence-corrected chi connectivity index (χ4v) is 3.92. The molecule has 2 aromatic rings. The summed E-state index contributed by atoms with van der Waals surface area (Å²) in [5.74, 6) is 0.742. The molecule has 2 rings (SSSR count). The van der Waals surface area contributed by atoms with E-state index in [9.17, 15) is 5.11 Å². The Morgan fingerprint density at radius 1 is 1.24 bits per heavy atom. The molecule has 1 aromatic heterocycles. The number of benzene rings is 1. The minimum Gasteiger partial charge on any atom is -0.490 e. The molecule has 0 fully saturated rings. The molecule has 1 atom stereocenters. The third kappa shape index (κ3) is 4.29. The van der Waals surface area contributed by atoms with Crippen LogP contribution in [0, 0.1) is 6.92 Å². The van der Waals surface area contributed by atoms with Crippen LogP contribution in [0.1, 0.15) is 22.1 Å². The van der Waals surface area contributed by atoms with Gasteiger partial charge in [-0.3, -0.25) is 0 Å². The van der Waals surface area contributed by atoms with Crippen LogP contribution < -0.4 is 4.74 Å². The molecule has 114 valence electrons. The summed E-state index contributed by atoms with van der Waals surface area (Å²) in [6, 6.07) is 7.61. The van der Waals surface area contributed by atoms with Gasteiger partial charge < -0.3 is 14.6 Å². The standard InChI is InChI=1S/C15H16Br2O3S/c1-9-7-13(21-15(9)17)14(18)10-3-4-12(11(16)8-10)20-6-5-19-2/h3-4,7-8,14,18H,5-6H2,1-2H3. The summed E-state index contributed by atoms with van der Waals surface area (Å²) < 4.78 is 12.4. The largest absolute Gasteiger partial charge is 0.490 e. The van der Waals surface area contributed by atoms with Crippen LogP contribution >= 0.6 is 43.2 Å². The maximum Gasteiger partial charge on any atom is 0.133 e. The van der Waals surface area contributed by atoms with E-state index in [2.05, 4.69) is 31.9 Å². The van der Waals surface area contributed by atoms with Crippen molar-refractivity contribution >= 4 is 43.2 Å². The monoisotopic (exact) mass is 434 g/mol. The Balaban J connectivity index is 2.15. The summed E-state index contributed by atoms with van der Waals surface area (Å²) in [4.78, 5) is 0.916. The third-order valence-corrected chi connectivity index (χ3v) is 5.77. The van der Waals surface area contributed by atoms with Gasteiger partial charge in [-0.1, -0.05) is 6.07 Å². The summed E-state index contributed by atoms with van der Waals surface area (Å²) in [7, 11) is 1.64. The average Bonchev–Trinajstić information content (AvgIpc) is 2.80. The van der Waals surface area contributed by atoms with E-state index >= 15 is 0 Å². The number of thiophene rings is 1. The van der Waals surface area contributed by atoms with E-state index < -0.39 is 6.10 Å². The first-order valence-corrected chi connectivity index (χ1v) is 8.78. The molecule has 1 aromatic carbocycles. The van der Waals surface area contributed by atoms with Gasteiger partial charge in [0.1, 0.15) is 18.5 Å². The summed E-state index contributed by atoms with van der Waals surface area (Å²) in [6.45, 7) is 3.05. The van der Waals surface area contributed by atoms with E-state index in [-0.39, 0.29) is 0 Å². The number of aliphatic hydroxyl groups is 1. The van der Waals surface area contributed by atoms with Gasteiger partial charge in [-0.2, -0.15) is 0 Å². The van der Waals surface area contributed by atoms with Crippen LogP contribution in [-0.2, 0) is 4.74 Å². The second kappa shape index (κ2) is 7.74.